The first-order chi connectivity index (χ1) is 11.1. The average molecular weight is 314 g/mol. The summed E-state index contributed by atoms with van der Waals surface area (Å²) in [5.41, 5.74) is 1.74. The van der Waals surface area contributed by atoms with Crippen molar-refractivity contribution in [1.29, 1.82) is 0 Å². The summed E-state index contributed by atoms with van der Waals surface area (Å²) in [5.74, 6) is 1.71. The van der Waals surface area contributed by atoms with Crippen molar-refractivity contribution >= 4 is 5.91 Å². The number of H-pyrrole nitrogens is 1. The zero-order valence-electron chi connectivity index (χ0n) is 13.0. The van der Waals surface area contributed by atoms with Crippen LogP contribution in [0.15, 0.2) is 15.4 Å². The number of rotatable bonds is 2. The zero-order valence-corrected chi connectivity index (χ0v) is 13.0. The predicted molar refractivity (Wildman–Crippen MR) is 81.4 cm³/mol. The Hall–Kier alpha value is -2.44. The molecule has 4 rings (SSSR count). The molecule has 7 nitrogen and oxygen atoms in total. The van der Waals surface area contributed by atoms with Gasteiger partial charge in [-0.15, -0.1) is 0 Å². The first kappa shape index (κ1) is 14.2. The smallest absolute Gasteiger partial charge is 0.276 e. The maximum Gasteiger partial charge on any atom is 0.276 e. The van der Waals surface area contributed by atoms with Crippen LogP contribution >= 0.6 is 0 Å². The highest BCUT2D eigenvalue weighted by Gasteiger charge is 2.30. The molecule has 0 saturated heterocycles. The Morgan fingerprint density at radius 1 is 1.35 bits per heavy atom. The van der Waals surface area contributed by atoms with E-state index in [2.05, 4.69) is 15.1 Å². The zero-order chi connectivity index (χ0) is 16.0. The van der Waals surface area contributed by atoms with Gasteiger partial charge in [-0.1, -0.05) is 5.16 Å². The summed E-state index contributed by atoms with van der Waals surface area (Å²) in [6.45, 7) is 2.79. The van der Waals surface area contributed by atoms with E-state index in [9.17, 15) is 9.59 Å². The fourth-order valence-electron chi connectivity index (χ4n) is 3.05. The Morgan fingerprint density at radius 2 is 2.13 bits per heavy atom. The topological polar surface area (TPSA) is 92.1 Å². The summed E-state index contributed by atoms with van der Waals surface area (Å²) >= 11 is 0. The quantitative estimate of drug-likeness (QED) is 0.898. The molecule has 0 atom stereocenters. The van der Waals surface area contributed by atoms with Crippen molar-refractivity contribution in [2.75, 3.05) is 13.1 Å². The van der Waals surface area contributed by atoms with Crippen molar-refractivity contribution in [2.45, 2.75) is 38.5 Å². The number of amides is 1. The molecule has 3 heterocycles. The van der Waals surface area contributed by atoms with Crippen molar-refractivity contribution in [2.24, 2.45) is 0 Å². The Bertz CT molecular complexity index is 819. The van der Waals surface area contributed by atoms with Gasteiger partial charge < -0.3 is 14.4 Å². The predicted octanol–water partition coefficient (Wildman–Crippen LogP) is 1.18. The van der Waals surface area contributed by atoms with Crippen molar-refractivity contribution in [3.8, 4) is 0 Å². The highest BCUT2D eigenvalue weighted by Crippen LogP contribution is 2.40. The lowest BCUT2D eigenvalue weighted by molar-refractivity contribution is 0.0752. The van der Waals surface area contributed by atoms with Gasteiger partial charge in [0.05, 0.1) is 5.69 Å². The molecule has 2 aromatic rings. The molecule has 120 valence electrons. The second-order valence-electron chi connectivity index (χ2n) is 6.26. The van der Waals surface area contributed by atoms with Gasteiger partial charge in [0.1, 0.15) is 11.6 Å². The first-order valence-corrected chi connectivity index (χ1v) is 7.96. The largest absolute Gasteiger partial charge is 0.360 e. The molecule has 1 fully saturated rings. The molecule has 0 aromatic carbocycles. The van der Waals surface area contributed by atoms with Crippen LogP contribution in [0.2, 0.25) is 0 Å². The average Bonchev–Trinajstić information content (AvgIpc) is 3.29. The first-order valence-electron chi connectivity index (χ1n) is 7.96. The standard InChI is InChI=1S/C16H18N4O3/c1-9-17-12-5-7-20(6-4-11(12)15(21)18-9)16(22)13-8-14(23-19-13)10-2-3-10/h8,10H,2-7H2,1H3,(H,17,18,21). The lowest BCUT2D eigenvalue weighted by Crippen LogP contribution is -2.33. The number of aromatic amines is 1. The fraction of sp³-hybridized carbons (Fsp3) is 0.500. The summed E-state index contributed by atoms with van der Waals surface area (Å²) in [7, 11) is 0. The van der Waals surface area contributed by atoms with Gasteiger partial charge in [0.15, 0.2) is 5.69 Å². The van der Waals surface area contributed by atoms with E-state index in [0.29, 0.717) is 48.9 Å². The molecule has 1 N–H and O–H groups in total. The third kappa shape index (κ3) is 2.67. The third-order valence-corrected chi connectivity index (χ3v) is 4.48. The summed E-state index contributed by atoms with van der Waals surface area (Å²) in [4.78, 5) is 33.5. The van der Waals surface area contributed by atoms with Gasteiger partial charge in [-0.25, -0.2) is 4.98 Å². The highest BCUT2D eigenvalue weighted by molar-refractivity contribution is 5.92. The van der Waals surface area contributed by atoms with Gasteiger partial charge in [-0.2, -0.15) is 0 Å². The van der Waals surface area contributed by atoms with Crippen LogP contribution in [0.4, 0.5) is 0 Å². The number of hydrogen-bond donors (Lipinski definition) is 1. The molecule has 1 aliphatic heterocycles. The SMILES string of the molecule is Cc1nc2c(c(=O)[nH]1)CCN(C(=O)c1cc(C3CC3)on1)CC2. The molecular weight excluding hydrogens is 296 g/mol. The molecular formula is C16H18N4O3. The highest BCUT2D eigenvalue weighted by atomic mass is 16.5. The minimum Gasteiger partial charge on any atom is -0.360 e. The van der Waals surface area contributed by atoms with Crippen LogP contribution in [0.5, 0.6) is 0 Å². The van der Waals surface area contributed by atoms with Crippen molar-refractivity contribution in [3.63, 3.8) is 0 Å². The number of aryl methyl sites for hydroxylation is 1. The van der Waals surface area contributed by atoms with E-state index in [1.807, 2.05) is 0 Å². The summed E-state index contributed by atoms with van der Waals surface area (Å²) in [6, 6.07) is 1.76. The van der Waals surface area contributed by atoms with Gasteiger partial charge in [0, 0.05) is 37.1 Å². The Kier molecular flexibility index (Phi) is 3.28. The van der Waals surface area contributed by atoms with Crippen molar-refractivity contribution in [1.82, 2.24) is 20.0 Å². The van der Waals surface area contributed by atoms with E-state index >= 15 is 0 Å². The number of aromatic nitrogens is 3. The lowest BCUT2D eigenvalue weighted by Gasteiger charge is -2.18. The fourth-order valence-corrected chi connectivity index (χ4v) is 3.05. The number of nitrogens with one attached hydrogen (secondary N) is 1. The van der Waals surface area contributed by atoms with E-state index in [4.69, 9.17) is 4.52 Å². The Labute approximate surface area is 132 Å². The van der Waals surface area contributed by atoms with Gasteiger partial charge >= 0.3 is 0 Å². The minimum absolute atomic E-state index is 0.0979. The van der Waals surface area contributed by atoms with E-state index in [-0.39, 0.29) is 11.5 Å². The maximum atomic E-state index is 12.6. The molecule has 1 aliphatic carbocycles. The number of carbonyl (C=O) groups excluding carboxylic acids is 1. The summed E-state index contributed by atoms with van der Waals surface area (Å²) in [6.07, 6.45) is 3.31. The lowest BCUT2D eigenvalue weighted by atomic mass is 10.1. The molecule has 23 heavy (non-hydrogen) atoms. The Morgan fingerprint density at radius 3 is 2.91 bits per heavy atom. The molecule has 0 spiro atoms. The van der Waals surface area contributed by atoms with Gasteiger partial charge in [-0.05, 0) is 26.2 Å². The number of fused-ring (bicyclic) bond motifs is 1. The third-order valence-electron chi connectivity index (χ3n) is 4.48. The van der Waals surface area contributed by atoms with E-state index < -0.39 is 0 Å². The van der Waals surface area contributed by atoms with Crippen LogP contribution < -0.4 is 5.56 Å². The Balaban J connectivity index is 1.53. The summed E-state index contributed by atoms with van der Waals surface area (Å²) < 4.78 is 5.26. The van der Waals surface area contributed by atoms with Crippen LogP contribution in [0.3, 0.4) is 0 Å². The second-order valence-corrected chi connectivity index (χ2v) is 6.26. The van der Waals surface area contributed by atoms with Crippen LogP contribution in [-0.4, -0.2) is 39.0 Å². The van der Waals surface area contributed by atoms with E-state index in [0.717, 1.165) is 24.3 Å². The van der Waals surface area contributed by atoms with Gasteiger partial charge in [0.2, 0.25) is 0 Å². The molecule has 0 radical (unpaired) electrons. The van der Waals surface area contributed by atoms with Crippen LogP contribution in [0.1, 0.15) is 52.1 Å². The number of nitrogens with zero attached hydrogens (tertiary/aromatic N) is 3. The number of hydrogen-bond acceptors (Lipinski definition) is 5. The maximum absolute atomic E-state index is 12.6. The number of carbonyl (C=O) groups is 1. The molecule has 1 amide bonds. The van der Waals surface area contributed by atoms with E-state index in [1.54, 1.807) is 17.9 Å². The van der Waals surface area contributed by atoms with Crippen LogP contribution in [0.25, 0.3) is 0 Å². The molecule has 2 aromatic heterocycles. The van der Waals surface area contributed by atoms with Crippen LogP contribution in [-0.2, 0) is 12.8 Å². The van der Waals surface area contributed by atoms with Gasteiger partial charge in [-0.3, -0.25) is 9.59 Å². The van der Waals surface area contributed by atoms with Crippen LogP contribution in [0, 0.1) is 6.92 Å². The van der Waals surface area contributed by atoms with Crippen molar-refractivity contribution < 1.29 is 9.32 Å². The second kappa shape index (κ2) is 5.33. The van der Waals surface area contributed by atoms with Gasteiger partial charge in [0.25, 0.3) is 11.5 Å². The molecule has 0 unspecified atom stereocenters. The molecule has 7 heteroatoms. The minimum atomic E-state index is -0.137. The van der Waals surface area contributed by atoms with E-state index in [1.165, 1.54) is 0 Å². The molecule has 0 bridgehead atoms. The summed E-state index contributed by atoms with van der Waals surface area (Å²) in [5, 5.41) is 3.91. The molecule has 1 saturated carbocycles. The normalized spacial score (nSPS) is 17.7. The molecule has 2 aliphatic rings. The van der Waals surface area contributed by atoms with Crippen molar-refractivity contribution in [3.05, 3.63) is 45.0 Å². The monoisotopic (exact) mass is 314 g/mol.